The average molecular weight is 208 g/mol. The molecule has 2 atom stereocenters. The van der Waals surface area contributed by atoms with Crippen LogP contribution in [0.1, 0.15) is 18.9 Å². The summed E-state index contributed by atoms with van der Waals surface area (Å²) in [6.45, 7) is 2.06. The van der Waals surface area contributed by atoms with E-state index >= 15 is 0 Å². The summed E-state index contributed by atoms with van der Waals surface area (Å²) in [6, 6.07) is 10.7. The topological polar surface area (TPSA) is 0 Å². The number of hydrogen-bond acceptors (Lipinski definition) is 1. The van der Waals surface area contributed by atoms with E-state index in [-0.39, 0.29) is 6.75 Å². The van der Waals surface area contributed by atoms with Crippen molar-refractivity contribution in [1.82, 2.24) is 0 Å². The maximum absolute atomic E-state index is 5.51. The van der Waals surface area contributed by atoms with Gasteiger partial charge in [-0.3, -0.25) is 0 Å². The molecule has 0 amide bonds. The molecule has 0 aliphatic carbocycles. The van der Waals surface area contributed by atoms with Gasteiger partial charge < -0.3 is 12.2 Å². The van der Waals surface area contributed by atoms with Crippen LogP contribution in [0.2, 0.25) is 0 Å². The van der Waals surface area contributed by atoms with E-state index in [1.807, 2.05) is 0 Å². The second-order valence-corrected chi connectivity index (χ2v) is 6.55. The van der Waals surface area contributed by atoms with Crippen molar-refractivity contribution >= 4 is 24.3 Å². The van der Waals surface area contributed by atoms with Gasteiger partial charge in [0.05, 0.1) is 6.16 Å². The number of benzene rings is 1. The predicted molar refractivity (Wildman–Crippen MR) is 63.5 cm³/mol. The molecule has 2 unspecified atom stereocenters. The zero-order valence-corrected chi connectivity index (χ0v) is 9.44. The molecule has 0 nitrogen and oxygen atoms in total. The molecular weight excluding hydrogens is 195 g/mol. The van der Waals surface area contributed by atoms with E-state index < -0.39 is 0 Å². The van der Waals surface area contributed by atoms with Gasteiger partial charge in [-0.1, -0.05) is 37.3 Å². The summed E-state index contributed by atoms with van der Waals surface area (Å²) in [5, 5.41) is 1.55. The molecule has 68 valence electrons. The Balaban J connectivity index is 2.41. The summed E-state index contributed by atoms with van der Waals surface area (Å²) >= 11 is 5.51. The van der Waals surface area contributed by atoms with Crippen molar-refractivity contribution < 1.29 is 0 Å². The fourth-order valence-electron chi connectivity index (χ4n) is 1.85. The Morgan fingerprint density at radius 2 is 2.00 bits per heavy atom. The van der Waals surface area contributed by atoms with E-state index in [2.05, 4.69) is 37.3 Å². The monoisotopic (exact) mass is 208 g/mol. The highest BCUT2D eigenvalue weighted by Gasteiger charge is 2.25. The highest BCUT2D eigenvalue weighted by molar-refractivity contribution is 8.32. The van der Waals surface area contributed by atoms with Crippen molar-refractivity contribution in [3.63, 3.8) is 0 Å². The Morgan fingerprint density at radius 3 is 2.54 bits per heavy atom. The van der Waals surface area contributed by atoms with E-state index in [9.17, 15) is 0 Å². The first-order valence-electron chi connectivity index (χ1n) is 4.66. The first-order chi connectivity index (χ1) is 6.29. The lowest BCUT2D eigenvalue weighted by molar-refractivity contribution is 0.770. The summed E-state index contributed by atoms with van der Waals surface area (Å²) in [4.78, 5) is 0. The Bertz CT molecular complexity index is 329. The molecule has 0 saturated carbocycles. The smallest absolute Gasteiger partial charge is 0.108 e. The highest BCUT2D eigenvalue weighted by atomic mass is 32.7. The van der Waals surface area contributed by atoms with Crippen LogP contribution in [0.15, 0.2) is 30.3 Å². The SMILES string of the molecule is CC1CC[P+]([S-])=C1c1ccccc1. The molecule has 1 aromatic carbocycles. The van der Waals surface area contributed by atoms with Crippen molar-refractivity contribution in [2.45, 2.75) is 13.3 Å². The second-order valence-electron chi connectivity index (χ2n) is 3.54. The summed E-state index contributed by atoms with van der Waals surface area (Å²) in [7, 11) is 0. The molecule has 0 aromatic heterocycles. The zero-order valence-electron chi connectivity index (χ0n) is 7.73. The fourth-order valence-corrected chi connectivity index (χ4v) is 4.94. The Labute approximate surface area is 85.9 Å². The highest BCUT2D eigenvalue weighted by Crippen LogP contribution is 2.38. The van der Waals surface area contributed by atoms with Crippen LogP contribution in [-0.2, 0) is 12.2 Å². The van der Waals surface area contributed by atoms with E-state index in [1.54, 1.807) is 5.29 Å². The van der Waals surface area contributed by atoms with Crippen LogP contribution >= 0.6 is 6.75 Å². The molecule has 2 heteroatoms. The number of hydrogen-bond donors (Lipinski definition) is 0. The minimum atomic E-state index is -0.244. The molecule has 1 aliphatic rings. The number of rotatable bonds is 1. The lowest BCUT2D eigenvalue weighted by Gasteiger charge is -2.05. The first kappa shape index (κ1) is 9.30. The van der Waals surface area contributed by atoms with E-state index in [1.165, 1.54) is 18.1 Å². The molecule has 0 spiro atoms. The van der Waals surface area contributed by atoms with Crippen LogP contribution in [0.25, 0.3) is 0 Å². The average Bonchev–Trinajstić information content (AvgIpc) is 2.48. The van der Waals surface area contributed by atoms with Gasteiger partial charge in [0.15, 0.2) is 0 Å². The van der Waals surface area contributed by atoms with Crippen LogP contribution in [0.3, 0.4) is 0 Å². The Hall–Kier alpha value is -0.260. The van der Waals surface area contributed by atoms with Gasteiger partial charge >= 0.3 is 0 Å². The van der Waals surface area contributed by atoms with Crippen LogP contribution < -0.4 is 0 Å². The molecule has 2 rings (SSSR count). The van der Waals surface area contributed by atoms with Crippen molar-refractivity contribution in [2.24, 2.45) is 5.92 Å². The van der Waals surface area contributed by atoms with Gasteiger partial charge in [0, 0.05) is 11.5 Å². The maximum atomic E-state index is 5.51. The van der Waals surface area contributed by atoms with E-state index in [0.29, 0.717) is 5.92 Å². The van der Waals surface area contributed by atoms with Gasteiger partial charge in [0.1, 0.15) is 5.29 Å². The summed E-state index contributed by atoms with van der Waals surface area (Å²) in [6.07, 6.45) is 2.54. The molecule has 1 aliphatic heterocycles. The molecule has 0 bridgehead atoms. The van der Waals surface area contributed by atoms with Gasteiger partial charge in [-0.25, -0.2) is 0 Å². The quantitative estimate of drug-likeness (QED) is 0.504. The normalized spacial score (nSPS) is 25.2. The fraction of sp³-hybridized carbons (Fsp3) is 0.364. The molecule has 0 saturated heterocycles. The van der Waals surface area contributed by atoms with Gasteiger partial charge in [-0.15, -0.1) is 0 Å². The first-order valence-corrected chi connectivity index (χ1v) is 7.20. The zero-order chi connectivity index (χ0) is 9.26. The van der Waals surface area contributed by atoms with Gasteiger partial charge in [0.2, 0.25) is 0 Å². The minimum absolute atomic E-state index is 0.244. The third kappa shape index (κ3) is 1.82. The van der Waals surface area contributed by atoms with Gasteiger partial charge in [-0.2, -0.15) is 0 Å². The van der Waals surface area contributed by atoms with E-state index in [0.717, 1.165) is 0 Å². The van der Waals surface area contributed by atoms with Gasteiger partial charge in [0.25, 0.3) is 0 Å². The maximum Gasteiger partial charge on any atom is 0.108 e. The lowest BCUT2D eigenvalue weighted by Crippen LogP contribution is -2.06. The van der Waals surface area contributed by atoms with E-state index in [4.69, 9.17) is 12.2 Å². The summed E-state index contributed by atoms with van der Waals surface area (Å²) < 4.78 is 0. The van der Waals surface area contributed by atoms with Crippen molar-refractivity contribution in [2.75, 3.05) is 6.16 Å². The molecule has 0 fully saturated rings. The van der Waals surface area contributed by atoms with Crippen molar-refractivity contribution in [3.05, 3.63) is 35.9 Å². The summed E-state index contributed by atoms with van der Waals surface area (Å²) in [5.41, 5.74) is 1.38. The second kappa shape index (κ2) is 3.86. The molecule has 0 N–H and O–H groups in total. The molecular formula is C11H13PS. The van der Waals surface area contributed by atoms with Crippen LogP contribution in [0.5, 0.6) is 0 Å². The van der Waals surface area contributed by atoms with Crippen molar-refractivity contribution in [3.8, 4) is 0 Å². The van der Waals surface area contributed by atoms with Gasteiger partial charge in [-0.05, 0) is 13.2 Å². The minimum Gasteiger partial charge on any atom is -0.493 e. The third-order valence-electron chi connectivity index (χ3n) is 2.57. The molecule has 0 radical (unpaired) electrons. The molecule has 1 aromatic rings. The standard InChI is InChI=1S/C11H13PS/c1-9-7-8-12(13)11(9)10-5-3-2-4-6-10/h2-6,9H,7-8H2,1H3. The molecule has 1 heterocycles. The van der Waals surface area contributed by atoms with Crippen LogP contribution in [-0.4, -0.2) is 11.5 Å². The van der Waals surface area contributed by atoms with Crippen LogP contribution in [0.4, 0.5) is 0 Å². The largest absolute Gasteiger partial charge is 0.493 e. The Morgan fingerprint density at radius 1 is 1.31 bits per heavy atom. The summed E-state index contributed by atoms with van der Waals surface area (Å²) in [5.74, 6) is 0.714. The predicted octanol–water partition coefficient (Wildman–Crippen LogP) is 3.19. The Kier molecular flexibility index (Phi) is 2.76. The van der Waals surface area contributed by atoms with Crippen molar-refractivity contribution in [1.29, 1.82) is 0 Å². The third-order valence-corrected chi connectivity index (χ3v) is 5.61. The lowest BCUT2D eigenvalue weighted by atomic mass is 9.99. The van der Waals surface area contributed by atoms with Crippen LogP contribution in [0, 0.1) is 5.92 Å². The molecule has 13 heavy (non-hydrogen) atoms.